The zero-order valence-electron chi connectivity index (χ0n) is 43.1. The van der Waals surface area contributed by atoms with E-state index in [1.54, 1.807) is 13.8 Å². The highest BCUT2D eigenvalue weighted by Gasteiger charge is 2.24. The van der Waals surface area contributed by atoms with Gasteiger partial charge in [-0.05, 0) is 188 Å². The van der Waals surface area contributed by atoms with Crippen LogP contribution in [0.2, 0.25) is 0 Å². The summed E-state index contributed by atoms with van der Waals surface area (Å²) in [7, 11) is 0. The first-order chi connectivity index (χ1) is 34.8. The molecule has 9 rings (SSSR count). The molecule has 5 heterocycles. The lowest BCUT2D eigenvalue weighted by Crippen LogP contribution is -2.00. The van der Waals surface area contributed by atoms with Gasteiger partial charge in [0, 0.05) is 68.3 Å². The molecule has 2 aliphatic rings. The molecule has 8 nitrogen and oxygen atoms in total. The third kappa shape index (κ3) is 10.7. The van der Waals surface area contributed by atoms with Crippen molar-refractivity contribution in [3.8, 4) is 56.0 Å². The number of hydrogen-bond donors (Lipinski definition) is 2. The molecule has 72 heavy (non-hydrogen) atoms. The summed E-state index contributed by atoms with van der Waals surface area (Å²) in [4.78, 5) is 42.5. The maximum absolute atomic E-state index is 11.7. The van der Waals surface area contributed by atoms with E-state index < -0.39 is 0 Å². The molecular formula is C64H66N4O4. The first-order valence-corrected chi connectivity index (χ1v) is 25.6. The molecule has 0 unspecified atom stereocenters. The van der Waals surface area contributed by atoms with Gasteiger partial charge in [-0.2, -0.15) is 0 Å². The number of carbonyl (C=O) groups is 2. The van der Waals surface area contributed by atoms with Gasteiger partial charge in [-0.3, -0.25) is 0 Å². The monoisotopic (exact) mass is 955 g/mol. The Morgan fingerprint density at radius 1 is 0.417 bits per heavy atom. The number of nitrogens with zero attached hydrogens (tertiary/aromatic N) is 2. The van der Waals surface area contributed by atoms with Gasteiger partial charge in [-0.15, -0.1) is 0 Å². The summed E-state index contributed by atoms with van der Waals surface area (Å²) in [5.41, 5.74) is 22.0. The number of unbranched alkanes of at least 4 members (excludes halogenated alkanes) is 4. The number of hydrogen-bond acceptors (Lipinski definition) is 6. The molecule has 0 spiro atoms. The Bertz CT molecular complexity index is 3240. The molecule has 0 atom stereocenters. The van der Waals surface area contributed by atoms with Crippen molar-refractivity contribution >= 4 is 57.9 Å². The Hall–Kier alpha value is -7.58. The summed E-state index contributed by atoms with van der Waals surface area (Å²) < 4.78 is 13.3. The van der Waals surface area contributed by atoms with E-state index in [1.165, 1.54) is 22.3 Å². The first kappa shape index (κ1) is 49.4. The van der Waals surface area contributed by atoms with Gasteiger partial charge < -0.3 is 29.0 Å². The van der Waals surface area contributed by atoms with Gasteiger partial charge in [0.15, 0.2) is 0 Å². The second-order valence-corrected chi connectivity index (χ2v) is 19.8. The number of nitrogens with one attached hydrogen (secondary N) is 2. The number of ketones is 2. The predicted molar refractivity (Wildman–Crippen MR) is 298 cm³/mol. The second-order valence-electron chi connectivity index (χ2n) is 19.8. The van der Waals surface area contributed by atoms with Gasteiger partial charge in [0.25, 0.3) is 0 Å². The Balaban J connectivity index is 1.35. The maximum Gasteiger partial charge on any atom is 0.129 e. The third-order valence-corrected chi connectivity index (χ3v) is 13.8. The topological polar surface area (TPSA) is 110 Å². The molecule has 3 aromatic heterocycles. The van der Waals surface area contributed by atoms with Gasteiger partial charge in [-0.1, -0.05) is 71.8 Å². The Labute approximate surface area is 424 Å². The molecule has 4 aromatic carbocycles. The van der Waals surface area contributed by atoms with E-state index in [0.29, 0.717) is 26.1 Å². The van der Waals surface area contributed by atoms with Crippen LogP contribution in [0.3, 0.4) is 0 Å². The third-order valence-electron chi connectivity index (χ3n) is 13.8. The van der Waals surface area contributed by atoms with Crippen molar-refractivity contribution in [3.05, 3.63) is 153 Å². The van der Waals surface area contributed by atoms with Crippen molar-refractivity contribution in [3.63, 3.8) is 0 Å². The molecule has 0 saturated carbocycles. The van der Waals surface area contributed by atoms with Crippen LogP contribution in [-0.2, 0) is 9.59 Å². The molecule has 8 bridgehead atoms. The number of para-hydroxylation sites is 2. The van der Waals surface area contributed by atoms with Crippen LogP contribution in [0.15, 0.2) is 97.1 Å². The highest BCUT2D eigenvalue weighted by molar-refractivity contribution is 6.02. The minimum atomic E-state index is 0.220. The van der Waals surface area contributed by atoms with Crippen LogP contribution in [0, 0.1) is 41.5 Å². The lowest BCUT2D eigenvalue weighted by molar-refractivity contribution is -0.118. The molecule has 0 fully saturated rings. The fraction of sp³-hybridized carbons (Fsp3) is 0.281. The maximum atomic E-state index is 11.7. The number of rotatable bonds is 18. The predicted octanol–water partition coefficient (Wildman–Crippen LogP) is 16.2. The van der Waals surface area contributed by atoms with E-state index >= 15 is 0 Å². The summed E-state index contributed by atoms with van der Waals surface area (Å²) >= 11 is 0. The zero-order valence-corrected chi connectivity index (χ0v) is 43.1. The van der Waals surface area contributed by atoms with Crippen molar-refractivity contribution in [1.29, 1.82) is 0 Å². The van der Waals surface area contributed by atoms with Crippen LogP contribution in [0.5, 0.6) is 11.5 Å². The van der Waals surface area contributed by atoms with Crippen molar-refractivity contribution in [2.45, 2.75) is 107 Å². The molecule has 0 radical (unpaired) electrons. The number of carbonyl (C=O) groups excluding carboxylic acids is 2. The van der Waals surface area contributed by atoms with Crippen molar-refractivity contribution in [2.24, 2.45) is 0 Å². The van der Waals surface area contributed by atoms with E-state index in [4.69, 9.17) is 19.4 Å². The second kappa shape index (κ2) is 21.8. The summed E-state index contributed by atoms with van der Waals surface area (Å²) in [5, 5.41) is 0. The molecule has 0 saturated heterocycles. The minimum absolute atomic E-state index is 0.220. The highest BCUT2D eigenvalue weighted by Crippen LogP contribution is 2.43. The Morgan fingerprint density at radius 3 is 1.15 bits per heavy atom. The Morgan fingerprint density at radius 2 is 0.764 bits per heavy atom. The summed E-state index contributed by atoms with van der Waals surface area (Å²) in [6.07, 6.45) is 14.9. The fourth-order valence-corrected chi connectivity index (χ4v) is 10.7. The van der Waals surface area contributed by atoms with Crippen molar-refractivity contribution in [2.75, 3.05) is 13.2 Å². The minimum Gasteiger partial charge on any atom is -0.493 e. The average Bonchev–Trinajstić information content (AvgIpc) is 4.19. The van der Waals surface area contributed by atoms with Gasteiger partial charge in [0.05, 0.1) is 36.0 Å². The van der Waals surface area contributed by atoms with Crippen LogP contribution >= 0.6 is 0 Å². The van der Waals surface area contributed by atoms with E-state index in [9.17, 15) is 9.59 Å². The molecule has 8 heteroatoms. The summed E-state index contributed by atoms with van der Waals surface area (Å²) in [6.45, 7) is 17.4. The lowest BCUT2D eigenvalue weighted by Gasteiger charge is -2.14. The molecule has 2 N–H and O–H groups in total. The van der Waals surface area contributed by atoms with E-state index in [0.717, 1.165) is 151 Å². The summed E-state index contributed by atoms with van der Waals surface area (Å²) in [6, 6.07) is 34.2. The first-order valence-electron chi connectivity index (χ1n) is 25.6. The van der Waals surface area contributed by atoms with Gasteiger partial charge in [0.1, 0.15) is 23.1 Å². The Kier molecular flexibility index (Phi) is 15.0. The lowest BCUT2D eigenvalue weighted by atomic mass is 9.92. The quantitative estimate of drug-likeness (QED) is 0.0829. The number of ether oxygens (including phenoxy) is 2. The van der Waals surface area contributed by atoms with Gasteiger partial charge in [-0.25, -0.2) is 9.97 Å². The number of Topliss-reactive ketones (excluding diaryl/α,β-unsaturated/α-hetero) is 2. The van der Waals surface area contributed by atoms with Crippen LogP contribution in [-0.4, -0.2) is 44.7 Å². The van der Waals surface area contributed by atoms with Gasteiger partial charge >= 0.3 is 0 Å². The fourth-order valence-electron chi connectivity index (χ4n) is 10.7. The average molecular weight is 955 g/mol. The number of H-pyrrole nitrogens is 2. The van der Waals surface area contributed by atoms with Crippen LogP contribution in [0.1, 0.15) is 121 Å². The van der Waals surface area contributed by atoms with Crippen LogP contribution in [0.25, 0.3) is 90.9 Å². The van der Waals surface area contributed by atoms with E-state index in [-0.39, 0.29) is 11.6 Å². The molecule has 2 aliphatic heterocycles. The molecule has 0 amide bonds. The number of aryl methyl sites for hydroxylation is 6. The number of benzene rings is 4. The number of aromatic amines is 2. The van der Waals surface area contributed by atoms with E-state index in [1.807, 2.05) is 24.3 Å². The van der Waals surface area contributed by atoms with E-state index in [2.05, 4.69) is 149 Å². The molecule has 0 aliphatic carbocycles. The molecular weight excluding hydrogens is 889 g/mol. The van der Waals surface area contributed by atoms with Crippen molar-refractivity contribution < 1.29 is 19.1 Å². The standard InChI is InChI=1S/C64H66N4O4/c1-39-35-41(3)59(42(4)36-39)63-53-29-25-49(65-53)61(47-21-13-15-23-57(47)71-33-17-9-11-19-45(7)69)51-27-31-55(67-51)64(60-43(5)37-40(2)38-44(60)6)56-32-28-52(68-56)62(50-26-30-54(63)66-50)48-22-14-16-24-58(48)72-34-18-10-12-20-46(8)70/h13-16,21-32,35-38,65-66H,9-12,17-20,33-34H2,1-8H3. The van der Waals surface area contributed by atoms with Crippen LogP contribution in [0.4, 0.5) is 0 Å². The molecule has 7 aromatic rings. The molecule has 366 valence electrons. The van der Waals surface area contributed by atoms with Gasteiger partial charge in [0.2, 0.25) is 0 Å². The zero-order chi connectivity index (χ0) is 50.5. The number of fused-ring (bicyclic) bond motifs is 8. The SMILES string of the molecule is CC(=O)CCCCCOc1ccccc1-c1c2nc(c(-c3c(C)cc(C)cc3C)c3nc(c(-c4ccccc4OCCCCCC(C)=O)c4ccc([nH]4)c(-c4c(C)cc(C)cc4C)c4ccc1[nH]4)C=C3)C=C2. The van der Waals surface area contributed by atoms with Crippen LogP contribution < -0.4 is 9.47 Å². The highest BCUT2D eigenvalue weighted by atomic mass is 16.5. The number of aromatic nitrogens is 4. The van der Waals surface area contributed by atoms with Crippen molar-refractivity contribution in [1.82, 2.24) is 19.9 Å². The smallest absolute Gasteiger partial charge is 0.129 e. The summed E-state index contributed by atoms with van der Waals surface area (Å²) in [5.74, 6) is 1.99. The normalized spacial score (nSPS) is 11.9. The largest absolute Gasteiger partial charge is 0.493 e.